The van der Waals surface area contributed by atoms with Crippen LogP contribution in [-0.4, -0.2) is 61.0 Å². The minimum absolute atomic E-state index is 0.119. The lowest BCUT2D eigenvalue weighted by atomic mass is 9.96. The molecular weight excluding hydrogens is 543 g/mol. The van der Waals surface area contributed by atoms with Gasteiger partial charge in [0.25, 0.3) is 0 Å². The first kappa shape index (κ1) is 29.5. The zero-order chi connectivity index (χ0) is 28.5. The van der Waals surface area contributed by atoms with Crippen LogP contribution < -0.4 is 9.47 Å². The number of halogens is 3. The van der Waals surface area contributed by atoms with E-state index in [0.29, 0.717) is 11.5 Å². The molecule has 0 aromatic heterocycles. The number of ether oxygens (including phenoxy) is 3. The summed E-state index contributed by atoms with van der Waals surface area (Å²) in [6.45, 7) is 5.62. The maximum atomic E-state index is 12.8. The average molecular weight is 574 g/mol. The van der Waals surface area contributed by atoms with E-state index in [9.17, 15) is 18.0 Å². The Kier molecular flexibility index (Phi) is 10.1. The van der Waals surface area contributed by atoms with Crippen LogP contribution in [-0.2, 0) is 16.1 Å². The van der Waals surface area contributed by atoms with Gasteiger partial charge in [-0.05, 0) is 82.9 Å². The molecule has 0 aliphatic carbocycles. The molecule has 1 N–H and O–H groups in total. The summed E-state index contributed by atoms with van der Waals surface area (Å²) in [6, 6.07) is 19.6. The van der Waals surface area contributed by atoms with E-state index in [2.05, 4.69) is 17.0 Å². The lowest BCUT2D eigenvalue weighted by Gasteiger charge is -2.26. The lowest BCUT2D eigenvalue weighted by Crippen LogP contribution is -2.35. The number of rotatable bonds is 11. The van der Waals surface area contributed by atoms with Crippen LogP contribution in [0, 0.1) is 6.92 Å². The van der Waals surface area contributed by atoms with Crippen LogP contribution in [0.3, 0.4) is 0 Å². The van der Waals surface area contributed by atoms with Crippen LogP contribution in [0.4, 0.5) is 13.2 Å². The SMILES string of the molecule is Cc1cc(OC/C=C(\c2ccc(CN3CCOCC3)cc2)c2ccc(SC(F)(F)F)cc2)ccc1OCC(=O)O. The van der Waals surface area contributed by atoms with Crippen molar-refractivity contribution >= 4 is 23.3 Å². The van der Waals surface area contributed by atoms with Crippen LogP contribution in [0.2, 0.25) is 0 Å². The van der Waals surface area contributed by atoms with E-state index in [1.54, 1.807) is 37.3 Å². The van der Waals surface area contributed by atoms with Gasteiger partial charge in [-0.15, -0.1) is 0 Å². The van der Waals surface area contributed by atoms with Crippen molar-refractivity contribution in [2.24, 2.45) is 0 Å². The number of hydrogen-bond donors (Lipinski definition) is 1. The third kappa shape index (κ3) is 9.04. The number of nitrogens with zero attached hydrogens (tertiary/aromatic N) is 1. The molecule has 6 nitrogen and oxygen atoms in total. The van der Waals surface area contributed by atoms with Crippen molar-refractivity contribution < 1.29 is 37.3 Å². The average Bonchev–Trinajstić information content (AvgIpc) is 2.91. The lowest BCUT2D eigenvalue weighted by molar-refractivity contribution is -0.139. The van der Waals surface area contributed by atoms with Crippen LogP contribution >= 0.6 is 11.8 Å². The quantitative estimate of drug-likeness (QED) is 0.266. The van der Waals surface area contributed by atoms with Gasteiger partial charge in [0, 0.05) is 24.5 Å². The van der Waals surface area contributed by atoms with Gasteiger partial charge in [0.2, 0.25) is 0 Å². The second kappa shape index (κ2) is 13.7. The number of benzene rings is 3. The molecule has 3 aromatic carbocycles. The second-order valence-electron chi connectivity index (χ2n) is 9.20. The number of aliphatic carboxylic acids is 1. The van der Waals surface area contributed by atoms with Crippen LogP contribution in [0.15, 0.2) is 77.7 Å². The Morgan fingerprint density at radius 1 is 1.00 bits per heavy atom. The van der Waals surface area contributed by atoms with Crippen LogP contribution in [0.5, 0.6) is 11.5 Å². The fraction of sp³-hybridized carbons (Fsp3) is 0.300. The van der Waals surface area contributed by atoms with Gasteiger partial charge in [0.15, 0.2) is 6.61 Å². The molecule has 1 fully saturated rings. The van der Waals surface area contributed by atoms with Crippen molar-refractivity contribution in [1.29, 1.82) is 0 Å². The number of thioether (sulfide) groups is 1. The first-order valence-corrected chi connectivity index (χ1v) is 13.5. The maximum absolute atomic E-state index is 12.8. The minimum Gasteiger partial charge on any atom is -0.489 e. The maximum Gasteiger partial charge on any atom is 0.446 e. The highest BCUT2D eigenvalue weighted by molar-refractivity contribution is 8.00. The minimum atomic E-state index is -4.35. The van der Waals surface area contributed by atoms with Crippen LogP contribution in [0.1, 0.15) is 22.3 Å². The van der Waals surface area contributed by atoms with E-state index in [1.807, 2.05) is 18.2 Å². The third-order valence-electron chi connectivity index (χ3n) is 6.21. The molecule has 0 atom stereocenters. The molecule has 1 aliphatic rings. The zero-order valence-corrected chi connectivity index (χ0v) is 22.8. The molecule has 40 heavy (non-hydrogen) atoms. The van der Waals surface area contributed by atoms with E-state index in [-0.39, 0.29) is 23.3 Å². The molecule has 0 spiro atoms. The van der Waals surface area contributed by atoms with Crippen molar-refractivity contribution in [2.75, 3.05) is 39.5 Å². The van der Waals surface area contributed by atoms with E-state index in [1.165, 1.54) is 17.7 Å². The molecular formula is C30H30F3NO5S. The summed E-state index contributed by atoms with van der Waals surface area (Å²) in [6.07, 6.45) is 1.90. The molecule has 1 heterocycles. The molecule has 4 rings (SSSR count). The van der Waals surface area contributed by atoms with Gasteiger partial charge in [-0.1, -0.05) is 36.4 Å². The largest absolute Gasteiger partial charge is 0.489 e. The highest BCUT2D eigenvalue weighted by Crippen LogP contribution is 2.37. The number of morpholine rings is 1. The van der Waals surface area contributed by atoms with E-state index >= 15 is 0 Å². The molecule has 0 radical (unpaired) electrons. The molecule has 1 aliphatic heterocycles. The van der Waals surface area contributed by atoms with Crippen molar-refractivity contribution in [2.45, 2.75) is 23.9 Å². The Labute approximate surface area is 235 Å². The Balaban J connectivity index is 1.52. The Morgan fingerprint density at radius 2 is 1.65 bits per heavy atom. The Morgan fingerprint density at radius 3 is 2.25 bits per heavy atom. The summed E-state index contributed by atoms with van der Waals surface area (Å²) in [7, 11) is 0. The zero-order valence-electron chi connectivity index (χ0n) is 21.9. The number of carboxylic acids is 1. The van der Waals surface area contributed by atoms with E-state index in [4.69, 9.17) is 19.3 Å². The molecule has 0 bridgehead atoms. The van der Waals surface area contributed by atoms with Crippen molar-refractivity contribution in [1.82, 2.24) is 4.90 Å². The Hall–Kier alpha value is -3.47. The van der Waals surface area contributed by atoms with Gasteiger partial charge < -0.3 is 19.3 Å². The van der Waals surface area contributed by atoms with Gasteiger partial charge in [-0.25, -0.2) is 4.79 Å². The summed E-state index contributed by atoms with van der Waals surface area (Å²) in [5.41, 5.74) is 0.0651. The van der Waals surface area contributed by atoms with Gasteiger partial charge in [-0.2, -0.15) is 13.2 Å². The summed E-state index contributed by atoms with van der Waals surface area (Å²) >= 11 is -0.143. The van der Waals surface area contributed by atoms with Gasteiger partial charge in [0.05, 0.1) is 13.2 Å². The van der Waals surface area contributed by atoms with Crippen molar-refractivity contribution in [3.05, 3.63) is 95.1 Å². The van der Waals surface area contributed by atoms with E-state index in [0.717, 1.165) is 55.1 Å². The fourth-order valence-electron chi connectivity index (χ4n) is 4.28. The van der Waals surface area contributed by atoms with Gasteiger partial charge >= 0.3 is 11.5 Å². The first-order chi connectivity index (χ1) is 19.2. The summed E-state index contributed by atoms with van der Waals surface area (Å²) in [5, 5.41) is 8.82. The van der Waals surface area contributed by atoms with Crippen molar-refractivity contribution in [3.63, 3.8) is 0 Å². The summed E-state index contributed by atoms with van der Waals surface area (Å²) in [5.74, 6) is -0.0231. The number of carbonyl (C=O) groups is 1. The molecule has 0 saturated carbocycles. The first-order valence-electron chi connectivity index (χ1n) is 12.7. The number of aryl methyl sites for hydroxylation is 1. The monoisotopic (exact) mass is 573 g/mol. The highest BCUT2D eigenvalue weighted by atomic mass is 32.2. The molecule has 10 heteroatoms. The third-order valence-corrected chi connectivity index (χ3v) is 6.95. The molecule has 1 saturated heterocycles. The van der Waals surface area contributed by atoms with Crippen LogP contribution in [0.25, 0.3) is 5.57 Å². The molecule has 0 amide bonds. The number of alkyl halides is 3. The smallest absolute Gasteiger partial charge is 0.446 e. The molecule has 3 aromatic rings. The second-order valence-corrected chi connectivity index (χ2v) is 10.3. The van der Waals surface area contributed by atoms with Gasteiger partial charge in [0.1, 0.15) is 18.1 Å². The van der Waals surface area contributed by atoms with Gasteiger partial charge in [-0.3, -0.25) is 4.90 Å². The topological polar surface area (TPSA) is 68.2 Å². The fourth-order valence-corrected chi connectivity index (χ4v) is 4.82. The number of carboxylic acid groups (broad SMARTS) is 1. The molecule has 0 unspecified atom stereocenters. The van der Waals surface area contributed by atoms with Crippen molar-refractivity contribution in [3.8, 4) is 11.5 Å². The standard InChI is InChI=1S/C30H30F3NO5S/c1-21-18-25(8-11-28(21)39-20-29(35)36)38-15-12-27(24-6-9-26(10-7-24)40-30(31,32)33)23-4-2-22(3-5-23)19-34-13-16-37-17-14-34/h2-12,18H,13-17,19-20H2,1H3,(H,35,36)/b27-12+. The summed E-state index contributed by atoms with van der Waals surface area (Å²) < 4.78 is 55.1. The number of hydrogen-bond acceptors (Lipinski definition) is 6. The Bertz CT molecular complexity index is 1300. The predicted octanol–water partition coefficient (Wildman–Crippen LogP) is 6.41. The highest BCUT2D eigenvalue weighted by Gasteiger charge is 2.29. The molecule has 212 valence electrons. The normalized spacial score (nSPS) is 14.7. The summed E-state index contributed by atoms with van der Waals surface area (Å²) in [4.78, 5) is 13.2. The predicted molar refractivity (Wildman–Crippen MR) is 148 cm³/mol. The van der Waals surface area contributed by atoms with E-state index < -0.39 is 18.1 Å².